The first-order valence-corrected chi connectivity index (χ1v) is 5.22. The Hall–Kier alpha value is -0.850. The minimum absolute atomic E-state index is 1.22. The third kappa shape index (κ3) is 7.12. The molecule has 0 aliphatic heterocycles. The van der Waals surface area contributed by atoms with Crippen molar-refractivity contribution < 1.29 is 21.6 Å². The average molecular weight is 245 g/mol. The number of rotatable bonds is 4. The second kappa shape index (κ2) is 4.34. The molecule has 0 saturated carbocycles. The van der Waals surface area contributed by atoms with Crippen molar-refractivity contribution in [2.24, 2.45) is 0 Å². The van der Waals surface area contributed by atoms with Gasteiger partial charge < -0.3 is 0 Å². The fourth-order valence-corrected chi connectivity index (χ4v) is 1.71. The van der Waals surface area contributed by atoms with Crippen molar-refractivity contribution in [2.75, 3.05) is 6.54 Å². The first-order valence-electron chi connectivity index (χ1n) is 3.74. The number of hydrogen-bond acceptors (Lipinski definition) is 3. The molecule has 88 valence electrons. The highest BCUT2D eigenvalue weighted by Gasteiger charge is 2.31. The van der Waals surface area contributed by atoms with E-state index >= 15 is 0 Å². The van der Waals surface area contributed by atoms with Crippen LogP contribution < -0.4 is 9.44 Å². The van der Waals surface area contributed by atoms with E-state index in [1.165, 1.54) is 18.6 Å². The lowest BCUT2D eigenvalue weighted by Gasteiger charge is -2.18. The molecule has 2 N–H and O–H groups in total. The monoisotopic (exact) mass is 245 g/mol. The highest BCUT2D eigenvalue weighted by molar-refractivity contribution is 7.87. The molecule has 0 heterocycles. The van der Waals surface area contributed by atoms with Crippen molar-refractivity contribution in [1.29, 1.82) is 5.26 Å². The molecule has 15 heavy (non-hydrogen) atoms. The first-order chi connectivity index (χ1) is 6.47. The lowest BCUT2D eigenvalue weighted by atomic mass is 10.1. The van der Waals surface area contributed by atoms with Gasteiger partial charge in [-0.3, -0.25) is 0 Å². The first kappa shape index (κ1) is 14.2. The predicted molar refractivity (Wildman–Crippen MR) is 45.8 cm³/mol. The summed E-state index contributed by atoms with van der Waals surface area (Å²) in [6.07, 6.45) is -4.63. The maximum absolute atomic E-state index is 11.7. The summed E-state index contributed by atoms with van der Waals surface area (Å²) in [5, 5.41) is 8.46. The molecule has 0 aromatic carbocycles. The van der Waals surface area contributed by atoms with E-state index < -0.39 is 28.5 Å². The zero-order valence-electron chi connectivity index (χ0n) is 8.01. The number of nitrogens with one attached hydrogen (secondary N) is 2. The second-order valence-corrected chi connectivity index (χ2v) is 4.78. The molecule has 0 aliphatic carbocycles. The van der Waals surface area contributed by atoms with E-state index in [0.29, 0.717) is 0 Å². The van der Waals surface area contributed by atoms with E-state index in [2.05, 4.69) is 0 Å². The maximum Gasteiger partial charge on any atom is 0.402 e. The number of alkyl halides is 3. The van der Waals surface area contributed by atoms with Crippen LogP contribution in [0.25, 0.3) is 0 Å². The van der Waals surface area contributed by atoms with E-state index in [4.69, 9.17) is 5.26 Å². The second-order valence-electron chi connectivity index (χ2n) is 3.28. The van der Waals surface area contributed by atoms with Gasteiger partial charge in [0.05, 0.1) is 6.07 Å². The van der Waals surface area contributed by atoms with Crippen LogP contribution in [0.2, 0.25) is 0 Å². The Morgan fingerprint density at radius 2 is 1.80 bits per heavy atom. The summed E-state index contributed by atoms with van der Waals surface area (Å²) in [6, 6.07) is 1.58. The van der Waals surface area contributed by atoms with Gasteiger partial charge in [-0.1, -0.05) is 0 Å². The van der Waals surface area contributed by atoms with Gasteiger partial charge in [-0.25, -0.2) is 0 Å². The van der Waals surface area contributed by atoms with E-state index in [1.807, 2.05) is 0 Å². The van der Waals surface area contributed by atoms with Crippen molar-refractivity contribution >= 4 is 10.2 Å². The minimum atomic E-state index is -4.63. The zero-order valence-corrected chi connectivity index (χ0v) is 8.83. The highest BCUT2D eigenvalue weighted by Crippen LogP contribution is 2.12. The van der Waals surface area contributed by atoms with Gasteiger partial charge >= 0.3 is 6.18 Å². The fraction of sp³-hybridized carbons (Fsp3) is 0.833. The fourth-order valence-electron chi connectivity index (χ4n) is 0.572. The molecule has 0 saturated heterocycles. The van der Waals surface area contributed by atoms with Crippen LogP contribution in [0.4, 0.5) is 13.2 Å². The van der Waals surface area contributed by atoms with Crippen molar-refractivity contribution in [2.45, 2.75) is 25.6 Å². The number of hydrogen-bond donors (Lipinski definition) is 2. The van der Waals surface area contributed by atoms with Crippen LogP contribution >= 0.6 is 0 Å². The number of nitriles is 1. The summed E-state index contributed by atoms with van der Waals surface area (Å²) >= 11 is 0. The van der Waals surface area contributed by atoms with Gasteiger partial charge in [0.25, 0.3) is 10.2 Å². The molecule has 0 unspecified atom stereocenters. The van der Waals surface area contributed by atoms with Gasteiger partial charge in [-0.2, -0.15) is 36.3 Å². The molecule has 0 atom stereocenters. The van der Waals surface area contributed by atoms with Gasteiger partial charge in [-0.15, -0.1) is 0 Å². The van der Waals surface area contributed by atoms with E-state index in [-0.39, 0.29) is 0 Å². The SMILES string of the molecule is CC(C)(C#N)NS(=O)(=O)NCC(F)(F)F. The number of nitrogens with zero attached hydrogens (tertiary/aromatic N) is 1. The summed E-state index contributed by atoms with van der Waals surface area (Å²) in [6.45, 7) is 0.767. The van der Waals surface area contributed by atoms with Gasteiger partial charge in [0.15, 0.2) is 0 Å². The van der Waals surface area contributed by atoms with Gasteiger partial charge in [0.2, 0.25) is 0 Å². The largest absolute Gasteiger partial charge is 0.402 e. The molecule has 0 rings (SSSR count). The van der Waals surface area contributed by atoms with Gasteiger partial charge in [-0.05, 0) is 13.8 Å². The summed E-state index contributed by atoms with van der Waals surface area (Å²) < 4.78 is 60.0. The molecular formula is C6H10F3N3O2S. The van der Waals surface area contributed by atoms with Crippen LogP contribution in [0, 0.1) is 11.3 Å². The molecule has 0 spiro atoms. The molecule has 0 aliphatic rings. The van der Waals surface area contributed by atoms with Crippen molar-refractivity contribution in [1.82, 2.24) is 9.44 Å². The normalized spacial score (nSPS) is 13.6. The molecule has 9 heteroatoms. The molecule has 0 radical (unpaired) electrons. The Bertz CT molecular complexity index is 355. The Morgan fingerprint density at radius 1 is 1.33 bits per heavy atom. The Balaban J connectivity index is 4.42. The Morgan fingerprint density at radius 3 is 2.13 bits per heavy atom. The summed E-state index contributed by atoms with van der Waals surface area (Å²) in [7, 11) is -4.33. The van der Waals surface area contributed by atoms with Gasteiger partial charge in [0.1, 0.15) is 12.1 Å². The van der Waals surface area contributed by atoms with E-state index in [9.17, 15) is 21.6 Å². The third-order valence-corrected chi connectivity index (χ3v) is 2.44. The highest BCUT2D eigenvalue weighted by atomic mass is 32.2. The smallest absolute Gasteiger partial charge is 0.196 e. The maximum atomic E-state index is 11.7. The summed E-state index contributed by atoms with van der Waals surface area (Å²) in [5.74, 6) is 0. The Labute approximate surface area is 85.4 Å². The van der Waals surface area contributed by atoms with Crippen molar-refractivity contribution in [3.63, 3.8) is 0 Å². The van der Waals surface area contributed by atoms with Crippen molar-refractivity contribution in [3.8, 4) is 6.07 Å². The van der Waals surface area contributed by atoms with Crippen molar-refractivity contribution in [3.05, 3.63) is 0 Å². The molecule has 0 amide bonds. The lowest BCUT2D eigenvalue weighted by Crippen LogP contribution is -2.49. The molecule has 0 aromatic rings. The zero-order chi connectivity index (χ0) is 12.3. The van der Waals surface area contributed by atoms with Crippen LogP contribution in [-0.2, 0) is 10.2 Å². The van der Waals surface area contributed by atoms with E-state index in [1.54, 1.807) is 10.8 Å². The molecular weight excluding hydrogens is 235 g/mol. The minimum Gasteiger partial charge on any atom is -0.196 e. The van der Waals surface area contributed by atoms with Crippen LogP contribution in [0.3, 0.4) is 0 Å². The molecule has 5 nitrogen and oxygen atoms in total. The van der Waals surface area contributed by atoms with Crippen LogP contribution in [0.1, 0.15) is 13.8 Å². The quantitative estimate of drug-likeness (QED) is 0.746. The predicted octanol–water partition coefficient (Wildman–Crippen LogP) is 0.275. The topological polar surface area (TPSA) is 82.0 Å². The molecule has 0 aromatic heterocycles. The molecule has 0 bridgehead atoms. The number of halogens is 3. The van der Waals surface area contributed by atoms with Crippen LogP contribution in [0.15, 0.2) is 0 Å². The van der Waals surface area contributed by atoms with Crippen LogP contribution in [-0.4, -0.2) is 26.7 Å². The van der Waals surface area contributed by atoms with E-state index in [0.717, 1.165) is 0 Å². The average Bonchev–Trinajstić information content (AvgIpc) is 1.98. The summed E-state index contributed by atoms with van der Waals surface area (Å²) in [4.78, 5) is 0. The Kier molecular flexibility index (Phi) is 4.09. The standard InChI is InChI=1S/C6H10F3N3O2S/c1-5(2,3-10)12-15(13,14)11-4-6(7,8)9/h11-12H,4H2,1-2H3. The summed E-state index contributed by atoms with van der Waals surface area (Å²) in [5.41, 5.74) is -1.46. The molecule has 0 fully saturated rings. The van der Waals surface area contributed by atoms with Gasteiger partial charge in [0, 0.05) is 0 Å². The lowest BCUT2D eigenvalue weighted by molar-refractivity contribution is -0.121. The van der Waals surface area contributed by atoms with Crippen LogP contribution in [0.5, 0.6) is 0 Å². The third-order valence-electron chi connectivity index (χ3n) is 1.13.